The smallest absolute Gasteiger partial charge is 0.142 e. The maximum atomic E-state index is 13.2. The highest BCUT2D eigenvalue weighted by Gasteiger charge is 2.30. The summed E-state index contributed by atoms with van der Waals surface area (Å²) in [6, 6.07) is 7.51. The van der Waals surface area contributed by atoms with E-state index >= 15 is 0 Å². The zero-order chi connectivity index (χ0) is 7.84. The van der Waals surface area contributed by atoms with Gasteiger partial charge in [0.15, 0.2) is 0 Å². The molecule has 0 unspecified atom stereocenters. The summed E-state index contributed by atoms with van der Waals surface area (Å²) in [4.78, 5) is 0. The van der Waals surface area contributed by atoms with Crippen LogP contribution in [-0.2, 0) is 6.42 Å². The van der Waals surface area contributed by atoms with E-state index in [1.807, 2.05) is 24.3 Å². The van der Waals surface area contributed by atoms with Crippen molar-refractivity contribution < 1.29 is 4.39 Å². The summed E-state index contributed by atoms with van der Waals surface area (Å²) in [5.41, 5.74) is 1.83. The minimum atomic E-state index is -0.965. The number of benzene rings is 1. The van der Waals surface area contributed by atoms with Gasteiger partial charge in [-0.15, -0.1) is 11.6 Å². The van der Waals surface area contributed by atoms with Crippen molar-refractivity contribution in [2.45, 2.75) is 18.0 Å². The molecule has 0 saturated heterocycles. The van der Waals surface area contributed by atoms with E-state index in [4.69, 9.17) is 11.6 Å². The lowest BCUT2D eigenvalue weighted by Crippen LogP contribution is -1.99. The minimum Gasteiger partial charge on any atom is -0.241 e. The van der Waals surface area contributed by atoms with Crippen molar-refractivity contribution in [3.05, 3.63) is 35.4 Å². The van der Waals surface area contributed by atoms with E-state index in [1.54, 1.807) is 0 Å². The van der Waals surface area contributed by atoms with Gasteiger partial charge in [-0.05, 0) is 17.5 Å². The van der Waals surface area contributed by atoms with Crippen molar-refractivity contribution >= 4 is 11.6 Å². The summed E-state index contributed by atoms with van der Waals surface area (Å²) >= 11 is 5.75. The van der Waals surface area contributed by atoms with Crippen molar-refractivity contribution in [1.29, 1.82) is 0 Å². The Balaban J connectivity index is 2.47. The molecule has 0 N–H and O–H groups in total. The number of fused-ring (bicyclic) bond motifs is 1. The first-order valence-electron chi connectivity index (χ1n) is 3.65. The number of halogens is 2. The monoisotopic (exact) mass is 170 g/mol. The molecule has 0 bridgehead atoms. The Labute approximate surface area is 70.0 Å². The topological polar surface area (TPSA) is 0 Å². The van der Waals surface area contributed by atoms with Crippen LogP contribution in [0.15, 0.2) is 24.3 Å². The van der Waals surface area contributed by atoms with Gasteiger partial charge in [-0.3, -0.25) is 0 Å². The Bertz CT molecular complexity index is 272. The quantitative estimate of drug-likeness (QED) is 0.526. The van der Waals surface area contributed by atoms with Gasteiger partial charge in [0.25, 0.3) is 0 Å². The fourth-order valence-electron chi connectivity index (χ4n) is 1.50. The molecule has 2 heteroatoms. The third kappa shape index (κ3) is 1.04. The van der Waals surface area contributed by atoms with E-state index in [1.165, 1.54) is 0 Å². The second-order valence-electron chi connectivity index (χ2n) is 2.82. The molecule has 2 atom stereocenters. The first kappa shape index (κ1) is 7.11. The summed E-state index contributed by atoms with van der Waals surface area (Å²) in [5, 5.41) is -0.354. The third-order valence-electron chi connectivity index (χ3n) is 2.08. The van der Waals surface area contributed by atoms with E-state index < -0.39 is 6.17 Å². The van der Waals surface area contributed by atoms with Gasteiger partial charge >= 0.3 is 0 Å². The highest BCUT2D eigenvalue weighted by molar-refractivity contribution is 6.21. The fourth-order valence-corrected chi connectivity index (χ4v) is 1.80. The van der Waals surface area contributed by atoms with Crippen LogP contribution in [0.1, 0.15) is 17.3 Å². The molecule has 0 aliphatic heterocycles. The summed E-state index contributed by atoms with van der Waals surface area (Å²) in [5.74, 6) is 0. The van der Waals surface area contributed by atoms with Crippen LogP contribution in [0.5, 0.6) is 0 Å². The van der Waals surface area contributed by atoms with Gasteiger partial charge in [-0.2, -0.15) is 0 Å². The molecule has 0 aromatic heterocycles. The molecule has 0 heterocycles. The Morgan fingerprint density at radius 3 is 2.82 bits per heavy atom. The van der Waals surface area contributed by atoms with E-state index in [-0.39, 0.29) is 5.38 Å². The Kier molecular flexibility index (Phi) is 1.61. The summed E-state index contributed by atoms with van der Waals surface area (Å²) < 4.78 is 13.2. The predicted molar refractivity (Wildman–Crippen MR) is 43.6 cm³/mol. The highest BCUT2D eigenvalue weighted by atomic mass is 35.5. The Hall–Kier alpha value is -0.560. The third-order valence-corrected chi connectivity index (χ3v) is 2.46. The van der Waals surface area contributed by atoms with Gasteiger partial charge in [0.2, 0.25) is 0 Å². The van der Waals surface area contributed by atoms with Gasteiger partial charge < -0.3 is 0 Å². The number of rotatable bonds is 0. The molecule has 0 radical (unpaired) electrons. The maximum Gasteiger partial charge on any atom is 0.142 e. The first-order valence-corrected chi connectivity index (χ1v) is 4.08. The Morgan fingerprint density at radius 2 is 2.09 bits per heavy atom. The lowest BCUT2D eigenvalue weighted by Gasteiger charge is -2.02. The van der Waals surface area contributed by atoms with Gasteiger partial charge in [-0.1, -0.05) is 24.3 Å². The predicted octanol–water partition coefficient (Wildman–Crippen LogP) is 2.86. The second kappa shape index (κ2) is 2.49. The van der Waals surface area contributed by atoms with Crippen LogP contribution in [0.3, 0.4) is 0 Å². The highest BCUT2D eigenvalue weighted by Crippen LogP contribution is 2.37. The molecule has 1 aromatic rings. The van der Waals surface area contributed by atoms with Gasteiger partial charge in [-0.25, -0.2) is 4.39 Å². The van der Waals surface area contributed by atoms with Gasteiger partial charge in [0, 0.05) is 0 Å². The normalized spacial score (nSPS) is 28.5. The van der Waals surface area contributed by atoms with Crippen molar-refractivity contribution in [2.24, 2.45) is 0 Å². The second-order valence-corrected chi connectivity index (χ2v) is 3.38. The van der Waals surface area contributed by atoms with Crippen LogP contribution in [0.25, 0.3) is 0 Å². The van der Waals surface area contributed by atoms with Crippen LogP contribution in [0.2, 0.25) is 0 Å². The van der Waals surface area contributed by atoms with Gasteiger partial charge in [0.05, 0.1) is 5.38 Å². The SMILES string of the molecule is F[C@@H]1c2ccccc2C[C@@H]1Cl. The lowest BCUT2D eigenvalue weighted by atomic mass is 10.1. The van der Waals surface area contributed by atoms with Crippen LogP contribution >= 0.6 is 11.6 Å². The molecule has 0 fully saturated rings. The molecule has 1 aliphatic rings. The number of hydrogen-bond acceptors (Lipinski definition) is 0. The average molecular weight is 171 g/mol. The van der Waals surface area contributed by atoms with Crippen molar-refractivity contribution in [3.8, 4) is 0 Å². The lowest BCUT2D eigenvalue weighted by molar-refractivity contribution is 0.348. The summed E-state index contributed by atoms with van der Waals surface area (Å²) in [7, 11) is 0. The first-order chi connectivity index (χ1) is 5.29. The molecule has 1 aromatic carbocycles. The standard InChI is InChI=1S/C9H8ClF/c10-8-5-6-3-1-2-4-7(6)9(8)11/h1-4,8-9H,5H2/t8-,9+/m0/s1. The molecule has 58 valence electrons. The fraction of sp³-hybridized carbons (Fsp3) is 0.333. The van der Waals surface area contributed by atoms with E-state index in [0.717, 1.165) is 11.1 Å². The van der Waals surface area contributed by atoms with E-state index in [0.29, 0.717) is 6.42 Å². The number of hydrogen-bond donors (Lipinski definition) is 0. The Morgan fingerprint density at radius 1 is 1.36 bits per heavy atom. The molecule has 0 spiro atoms. The van der Waals surface area contributed by atoms with Crippen molar-refractivity contribution in [1.82, 2.24) is 0 Å². The molecule has 0 saturated carbocycles. The molecular formula is C9H8ClF. The molecular weight excluding hydrogens is 163 g/mol. The summed E-state index contributed by atoms with van der Waals surface area (Å²) in [6.45, 7) is 0. The molecule has 11 heavy (non-hydrogen) atoms. The van der Waals surface area contributed by atoms with Crippen LogP contribution in [0, 0.1) is 0 Å². The maximum absolute atomic E-state index is 13.2. The molecule has 0 nitrogen and oxygen atoms in total. The van der Waals surface area contributed by atoms with Crippen LogP contribution in [0.4, 0.5) is 4.39 Å². The average Bonchev–Trinajstić information content (AvgIpc) is 2.30. The minimum absolute atomic E-state index is 0.354. The molecule has 1 aliphatic carbocycles. The summed E-state index contributed by atoms with van der Waals surface area (Å²) in [6.07, 6.45) is -0.299. The van der Waals surface area contributed by atoms with E-state index in [9.17, 15) is 4.39 Å². The molecule has 0 amide bonds. The van der Waals surface area contributed by atoms with Crippen LogP contribution < -0.4 is 0 Å². The largest absolute Gasteiger partial charge is 0.241 e. The zero-order valence-electron chi connectivity index (χ0n) is 5.93. The van der Waals surface area contributed by atoms with Gasteiger partial charge in [0.1, 0.15) is 6.17 Å². The number of alkyl halides is 2. The van der Waals surface area contributed by atoms with E-state index in [2.05, 4.69) is 0 Å². The zero-order valence-corrected chi connectivity index (χ0v) is 6.68. The van der Waals surface area contributed by atoms with Crippen molar-refractivity contribution in [2.75, 3.05) is 0 Å². The van der Waals surface area contributed by atoms with Crippen LogP contribution in [-0.4, -0.2) is 5.38 Å². The molecule has 2 rings (SSSR count). The van der Waals surface area contributed by atoms with Crippen molar-refractivity contribution in [3.63, 3.8) is 0 Å².